The minimum atomic E-state index is -3.56. The average molecular weight is 290 g/mol. The molecule has 0 spiro atoms. The Morgan fingerprint density at radius 3 is 2.61 bits per heavy atom. The summed E-state index contributed by atoms with van der Waals surface area (Å²) in [6.07, 6.45) is 0.722. The van der Waals surface area contributed by atoms with Crippen LogP contribution in [0, 0.1) is 5.92 Å². The number of hydrogen-bond donors (Lipinski definition) is 2. The van der Waals surface area contributed by atoms with Crippen molar-refractivity contribution in [3.63, 3.8) is 0 Å². The SMILES string of the molecule is O=C(O)C1CCN(S(=O)(=O)Nc2ccsc2)CC1. The highest BCUT2D eigenvalue weighted by atomic mass is 32.2. The molecule has 18 heavy (non-hydrogen) atoms. The first kappa shape index (κ1) is 13.3. The fraction of sp³-hybridized carbons (Fsp3) is 0.500. The van der Waals surface area contributed by atoms with Crippen LogP contribution in [0.5, 0.6) is 0 Å². The summed E-state index contributed by atoms with van der Waals surface area (Å²) in [5.41, 5.74) is 0.542. The second-order valence-corrected chi connectivity index (χ2v) is 6.58. The maximum atomic E-state index is 12.0. The van der Waals surface area contributed by atoms with E-state index in [2.05, 4.69) is 4.72 Å². The third-order valence-electron chi connectivity index (χ3n) is 2.91. The predicted molar refractivity (Wildman–Crippen MR) is 68.8 cm³/mol. The maximum Gasteiger partial charge on any atom is 0.306 e. The lowest BCUT2D eigenvalue weighted by atomic mass is 9.99. The standard InChI is InChI=1S/C10H14N2O4S2/c13-10(14)8-1-4-12(5-2-8)18(15,16)11-9-3-6-17-7-9/h3,6-8,11H,1-2,4-5H2,(H,13,14). The number of hydrogen-bond acceptors (Lipinski definition) is 4. The Labute approximate surface area is 109 Å². The van der Waals surface area contributed by atoms with E-state index in [0.717, 1.165) is 0 Å². The van der Waals surface area contributed by atoms with E-state index in [1.165, 1.54) is 15.6 Å². The first-order valence-electron chi connectivity index (χ1n) is 5.52. The molecule has 0 bridgehead atoms. The van der Waals surface area contributed by atoms with Crippen molar-refractivity contribution < 1.29 is 18.3 Å². The van der Waals surface area contributed by atoms with Gasteiger partial charge in [0, 0.05) is 18.5 Å². The Balaban J connectivity index is 1.98. The zero-order chi connectivity index (χ0) is 13.2. The number of carbonyl (C=O) groups is 1. The van der Waals surface area contributed by atoms with Crippen LogP contribution in [0.3, 0.4) is 0 Å². The van der Waals surface area contributed by atoms with Crippen molar-refractivity contribution in [2.24, 2.45) is 5.92 Å². The molecule has 1 aromatic heterocycles. The maximum absolute atomic E-state index is 12.0. The summed E-state index contributed by atoms with van der Waals surface area (Å²) in [6.45, 7) is 0.493. The molecule has 0 aromatic carbocycles. The van der Waals surface area contributed by atoms with Crippen LogP contribution in [0.15, 0.2) is 16.8 Å². The Kier molecular flexibility index (Phi) is 3.88. The quantitative estimate of drug-likeness (QED) is 0.872. The zero-order valence-corrected chi connectivity index (χ0v) is 11.2. The second-order valence-electron chi connectivity index (χ2n) is 4.13. The highest BCUT2D eigenvalue weighted by molar-refractivity contribution is 7.90. The van der Waals surface area contributed by atoms with Crippen molar-refractivity contribution in [1.29, 1.82) is 0 Å². The summed E-state index contributed by atoms with van der Waals surface area (Å²) in [6, 6.07) is 1.69. The summed E-state index contributed by atoms with van der Waals surface area (Å²) >= 11 is 1.41. The first-order valence-corrected chi connectivity index (χ1v) is 7.90. The van der Waals surface area contributed by atoms with E-state index < -0.39 is 22.1 Å². The van der Waals surface area contributed by atoms with Crippen molar-refractivity contribution >= 4 is 33.2 Å². The molecular weight excluding hydrogens is 276 g/mol. The molecule has 1 aliphatic heterocycles. The average Bonchev–Trinajstić information content (AvgIpc) is 2.81. The van der Waals surface area contributed by atoms with Gasteiger partial charge >= 0.3 is 16.2 Å². The molecule has 6 nitrogen and oxygen atoms in total. The third kappa shape index (κ3) is 3.01. The van der Waals surface area contributed by atoms with Crippen LogP contribution < -0.4 is 4.72 Å². The van der Waals surface area contributed by atoms with Gasteiger partial charge in [0.05, 0.1) is 11.6 Å². The molecule has 1 fully saturated rings. The smallest absolute Gasteiger partial charge is 0.306 e. The Morgan fingerprint density at radius 2 is 2.11 bits per heavy atom. The minimum absolute atomic E-state index is 0.246. The molecule has 1 saturated heterocycles. The molecule has 8 heteroatoms. The molecule has 0 atom stereocenters. The van der Waals surface area contributed by atoms with E-state index in [4.69, 9.17) is 5.11 Å². The Morgan fingerprint density at radius 1 is 1.44 bits per heavy atom. The van der Waals surface area contributed by atoms with Crippen molar-refractivity contribution in [2.45, 2.75) is 12.8 Å². The number of rotatable bonds is 4. The van der Waals surface area contributed by atoms with Gasteiger partial charge < -0.3 is 5.11 Å². The Hall–Kier alpha value is -1.12. The lowest BCUT2D eigenvalue weighted by Gasteiger charge is -2.29. The van der Waals surface area contributed by atoms with Crippen LogP contribution in [-0.4, -0.2) is 36.9 Å². The zero-order valence-electron chi connectivity index (χ0n) is 9.57. The number of carboxylic acid groups (broad SMARTS) is 1. The van der Waals surface area contributed by atoms with Crippen LogP contribution in [0.4, 0.5) is 5.69 Å². The van der Waals surface area contributed by atoms with Crippen LogP contribution >= 0.6 is 11.3 Å². The number of thiophene rings is 1. The highest BCUT2D eigenvalue weighted by Crippen LogP contribution is 2.21. The fourth-order valence-electron chi connectivity index (χ4n) is 1.88. The molecule has 0 saturated carbocycles. The van der Waals surface area contributed by atoms with Crippen LogP contribution in [0.1, 0.15) is 12.8 Å². The molecular formula is C10H14N2O4S2. The first-order chi connectivity index (χ1) is 8.49. The Bertz CT molecular complexity index is 504. The molecule has 1 aromatic rings. The van der Waals surface area contributed by atoms with Gasteiger partial charge in [-0.3, -0.25) is 9.52 Å². The third-order valence-corrected chi connectivity index (χ3v) is 5.13. The second kappa shape index (κ2) is 5.25. The highest BCUT2D eigenvalue weighted by Gasteiger charge is 2.30. The number of piperidine rings is 1. The van der Waals surface area contributed by atoms with E-state index >= 15 is 0 Å². The van der Waals surface area contributed by atoms with Crippen molar-refractivity contribution in [2.75, 3.05) is 17.8 Å². The van der Waals surface area contributed by atoms with E-state index in [1.54, 1.807) is 16.8 Å². The summed E-state index contributed by atoms with van der Waals surface area (Å²) in [7, 11) is -3.56. The van der Waals surface area contributed by atoms with Gasteiger partial charge in [0.15, 0.2) is 0 Å². The normalized spacial score (nSPS) is 18.7. The predicted octanol–water partition coefficient (Wildman–Crippen LogP) is 1.20. The number of anilines is 1. The van der Waals surface area contributed by atoms with E-state index in [9.17, 15) is 13.2 Å². The minimum Gasteiger partial charge on any atom is -0.481 e. The molecule has 100 valence electrons. The van der Waals surface area contributed by atoms with Gasteiger partial charge in [0.1, 0.15) is 0 Å². The molecule has 1 aliphatic rings. The van der Waals surface area contributed by atoms with Gasteiger partial charge in [0.25, 0.3) is 0 Å². The number of carboxylic acids is 1. The molecule has 0 amide bonds. The molecule has 2 rings (SSSR count). The van der Waals surface area contributed by atoms with Gasteiger partial charge in [-0.1, -0.05) is 0 Å². The number of nitrogens with one attached hydrogen (secondary N) is 1. The number of aliphatic carboxylic acids is 1. The summed E-state index contributed by atoms with van der Waals surface area (Å²) in [4.78, 5) is 10.8. The lowest BCUT2D eigenvalue weighted by Crippen LogP contribution is -2.42. The lowest BCUT2D eigenvalue weighted by molar-refractivity contribution is -0.142. The monoisotopic (exact) mass is 290 g/mol. The molecule has 0 radical (unpaired) electrons. The van der Waals surface area contributed by atoms with Gasteiger partial charge in [0.2, 0.25) is 0 Å². The van der Waals surface area contributed by atoms with Crippen LogP contribution in [-0.2, 0) is 15.0 Å². The topological polar surface area (TPSA) is 86.7 Å². The largest absolute Gasteiger partial charge is 0.481 e. The van der Waals surface area contributed by atoms with Crippen LogP contribution in [0.2, 0.25) is 0 Å². The van der Waals surface area contributed by atoms with Crippen LogP contribution in [0.25, 0.3) is 0 Å². The molecule has 0 unspecified atom stereocenters. The summed E-state index contributed by atoms with van der Waals surface area (Å²) in [5, 5.41) is 12.3. The van der Waals surface area contributed by atoms with Crippen molar-refractivity contribution in [1.82, 2.24) is 4.31 Å². The molecule has 2 N–H and O–H groups in total. The van der Waals surface area contributed by atoms with Crippen molar-refractivity contribution in [3.05, 3.63) is 16.8 Å². The van der Waals surface area contributed by atoms with Gasteiger partial charge in [-0.15, -0.1) is 0 Å². The van der Waals surface area contributed by atoms with E-state index in [-0.39, 0.29) is 13.1 Å². The number of nitrogens with zero attached hydrogens (tertiary/aromatic N) is 1. The summed E-state index contributed by atoms with van der Waals surface area (Å²) < 4.78 is 27.8. The van der Waals surface area contributed by atoms with E-state index in [0.29, 0.717) is 18.5 Å². The van der Waals surface area contributed by atoms with Gasteiger partial charge in [-0.05, 0) is 24.3 Å². The summed E-state index contributed by atoms with van der Waals surface area (Å²) in [5.74, 6) is -1.28. The fourth-order valence-corrected chi connectivity index (χ4v) is 3.79. The van der Waals surface area contributed by atoms with Crippen molar-refractivity contribution in [3.8, 4) is 0 Å². The van der Waals surface area contributed by atoms with Gasteiger partial charge in [-0.2, -0.15) is 24.1 Å². The molecule has 2 heterocycles. The molecule has 0 aliphatic carbocycles. The van der Waals surface area contributed by atoms with E-state index in [1.807, 2.05) is 0 Å². The van der Waals surface area contributed by atoms with Gasteiger partial charge in [-0.25, -0.2) is 0 Å².